The van der Waals surface area contributed by atoms with Gasteiger partial charge in [-0.15, -0.1) is 0 Å². The van der Waals surface area contributed by atoms with Gasteiger partial charge in [-0.05, 0) is 37.5 Å². The summed E-state index contributed by atoms with van der Waals surface area (Å²) in [6, 6.07) is 0. The van der Waals surface area contributed by atoms with E-state index in [9.17, 15) is 9.90 Å². The normalized spacial score (nSPS) is 29.1. The Labute approximate surface area is 104 Å². The topological polar surface area (TPSA) is 58.6 Å². The van der Waals surface area contributed by atoms with E-state index in [1.807, 2.05) is 13.8 Å². The van der Waals surface area contributed by atoms with Gasteiger partial charge in [0, 0.05) is 0 Å². The number of amides is 1. The van der Waals surface area contributed by atoms with E-state index in [1.54, 1.807) is 0 Å². The number of nitrogens with one attached hydrogen (secondary N) is 1. The first-order chi connectivity index (χ1) is 7.97. The molecule has 0 aromatic carbocycles. The van der Waals surface area contributed by atoms with Crippen LogP contribution < -0.4 is 5.32 Å². The van der Waals surface area contributed by atoms with Crippen LogP contribution in [0.1, 0.15) is 46.5 Å². The third-order valence-corrected chi connectivity index (χ3v) is 3.45. The molecule has 17 heavy (non-hydrogen) atoms. The number of aliphatic hydroxyl groups is 1. The van der Waals surface area contributed by atoms with Gasteiger partial charge in [0.05, 0.1) is 18.8 Å². The van der Waals surface area contributed by atoms with E-state index in [0.717, 1.165) is 25.7 Å². The van der Waals surface area contributed by atoms with E-state index in [-0.39, 0.29) is 6.61 Å². The fourth-order valence-corrected chi connectivity index (χ4v) is 2.13. The summed E-state index contributed by atoms with van der Waals surface area (Å²) in [5, 5.41) is 12.3. The van der Waals surface area contributed by atoms with Gasteiger partial charge >= 0.3 is 6.09 Å². The third kappa shape index (κ3) is 4.54. The molecule has 0 spiro atoms. The van der Waals surface area contributed by atoms with Crippen molar-refractivity contribution in [1.29, 1.82) is 0 Å². The van der Waals surface area contributed by atoms with Gasteiger partial charge < -0.3 is 15.2 Å². The van der Waals surface area contributed by atoms with E-state index < -0.39 is 11.6 Å². The van der Waals surface area contributed by atoms with Crippen molar-refractivity contribution in [3.63, 3.8) is 0 Å². The van der Waals surface area contributed by atoms with Crippen LogP contribution in [0, 0.1) is 11.8 Å². The van der Waals surface area contributed by atoms with E-state index >= 15 is 0 Å². The Balaban J connectivity index is 2.43. The fraction of sp³-hybridized carbons (Fsp3) is 0.923. The summed E-state index contributed by atoms with van der Waals surface area (Å²) < 4.78 is 5.10. The highest BCUT2D eigenvalue weighted by molar-refractivity contribution is 5.68. The Morgan fingerprint density at radius 3 is 2.53 bits per heavy atom. The Kier molecular flexibility index (Phi) is 5.25. The summed E-state index contributed by atoms with van der Waals surface area (Å²) in [5.41, 5.74) is -0.458. The highest BCUT2D eigenvalue weighted by Gasteiger charge is 2.35. The molecule has 1 fully saturated rings. The summed E-state index contributed by atoms with van der Waals surface area (Å²) in [4.78, 5) is 11.6. The summed E-state index contributed by atoms with van der Waals surface area (Å²) in [6.07, 6.45) is 3.36. The Morgan fingerprint density at radius 1 is 1.47 bits per heavy atom. The first kappa shape index (κ1) is 14.3. The van der Waals surface area contributed by atoms with Gasteiger partial charge in [0.25, 0.3) is 0 Å². The van der Waals surface area contributed by atoms with Crippen molar-refractivity contribution in [3.05, 3.63) is 0 Å². The lowest BCUT2D eigenvalue weighted by Gasteiger charge is -2.38. The van der Waals surface area contributed by atoms with Crippen LogP contribution >= 0.6 is 0 Å². The molecule has 2 N–H and O–H groups in total. The molecule has 0 atom stereocenters. The second-order valence-corrected chi connectivity index (χ2v) is 5.74. The smallest absolute Gasteiger partial charge is 0.407 e. The highest BCUT2D eigenvalue weighted by atomic mass is 16.5. The number of carbonyl (C=O) groups excluding carboxylic acids is 1. The minimum absolute atomic E-state index is 0.00347. The predicted octanol–water partition coefficient (Wildman–Crippen LogP) is 2.31. The lowest BCUT2D eigenvalue weighted by atomic mass is 9.77. The molecule has 0 bridgehead atoms. The van der Waals surface area contributed by atoms with E-state index in [0.29, 0.717) is 18.4 Å². The SMILES string of the molecule is CC(C)COC(=O)NC1(CO)CCC(C)CC1. The van der Waals surface area contributed by atoms with Crippen LogP contribution in [0.4, 0.5) is 4.79 Å². The van der Waals surface area contributed by atoms with Crippen LogP contribution in [0.2, 0.25) is 0 Å². The molecule has 0 aliphatic heterocycles. The van der Waals surface area contributed by atoms with Gasteiger partial charge in [0.15, 0.2) is 0 Å². The van der Waals surface area contributed by atoms with Crippen LogP contribution in [0.15, 0.2) is 0 Å². The summed E-state index contributed by atoms with van der Waals surface area (Å²) >= 11 is 0. The monoisotopic (exact) mass is 243 g/mol. The van der Waals surface area contributed by atoms with Crippen LogP contribution in [0.3, 0.4) is 0 Å². The largest absolute Gasteiger partial charge is 0.449 e. The molecule has 0 aromatic heterocycles. The number of hydrogen-bond donors (Lipinski definition) is 2. The fourth-order valence-electron chi connectivity index (χ4n) is 2.13. The van der Waals surface area contributed by atoms with Crippen molar-refractivity contribution in [2.45, 2.75) is 52.0 Å². The Hall–Kier alpha value is -0.770. The number of aliphatic hydroxyl groups excluding tert-OH is 1. The molecule has 0 unspecified atom stereocenters. The minimum Gasteiger partial charge on any atom is -0.449 e. The van der Waals surface area contributed by atoms with E-state index in [1.165, 1.54) is 0 Å². The Morgan fingerprint density at radius 2 is 2.06 bits per heavy atom. The first-order valence-corrected chi connectivity index (χ1v) is 6.53. The number of alkyl carbamates (subject to hydrolysis) is 1. The molecular weight excluding hydrogens is 218 g/mol. The molecule has 1 amide bonds. The molecule has 1 rings (SSSR count). The van der Waals surface area contributed by atoms with Crippen molar-refractivity contribution in [2.24, 2.45) is 11.8 Å². The highest BCUT2D eigenvalue weighted by Crippen LogP contribution is 2.31. The number of rotatable bonds is 4. The molecule has 0 heterocycles. The van der Waals surface area contributed by atoms with Gasteiger partial charge in [-0.25, -0.2) is 4.79 Å². The maximum atomic E-state index is 11.6. The lowest BCUT2D eigenvalue weighted by Crippen LogP contribution is -2.53. The average Bonchev–Trinajstić information content (AvgIpc) is 2.30. The lowest BCUT2D eigenvalue weighted by molar-refractivity contribution is 0.0790. The number of hydrogen-bond acceptors (Lipinski definition) is 3. The van der Waals surface area contributed by atoms with Crippen molar-refractivity contribution in [1.82, 2.24) is 5.32 Å². The van der Waals surface area contributed by atoms with Crippen LogP contribution in [-0.2, 0) is 4.74 Å². The predicted molar refractivity (Wildman–Crippen MR) is 66.8 cm³/mol. The van der Waals surface area contributed by atoms with Crippen molar-refractivity contribution in [3.8, 4) is 0 Å². The van der Waals surface area contributed by atoms with Gasteiger partial charge in [0.2, 0.25) is 0 Å². The van der Waals surface area contributed by atoms with Crippen LogP contribution in [0.25, 0.3) is 0 Å². The van der Waals surface area contributed by atoms with Crippen molar-refractivity contribution >= 4 is 6.09 Å². The van der Waals surface area contributed by atoms with Crippen molar-refractivity contribution in [2.75, 3.05) is 13.2 Å². The zero-order valence-electron chi connectivity index (χ0n) is 11.2. The van der Waals surface area contributed by atoms with Crippen molar-refractivity contribution < 1.29 is 14.6 Å². The summed E-state index contributed by atoms with van der Waals surface area (Å²) in [6.45, 7) is 6.62. The standard InChI is InChI=1S/C13H25NO3/c1-10(2)8-17-12(16)14-13(9-15)6-4-11(3)5-7-13/h10-11,15H,4-9H2,1-3H3,(H,14,16). The molecule has 4 nitrogen and oxygen atoms in total. The number of ether oxygens (including phenoxy) is 1. The quantitative estimate of drug-likeness (QED) is 0.796. The zero-order chi connectivity index (χ0) is 12.9. The molecule has 100 valence electrons. The van der Waals surface area contributed by atoms with Gasteiger partial charge in [0.1, 0.15) is 0 Å². The minimum atomic E-state index is -0.458. The second-order valence-electron chi connectivity index (χ2n) is 5.74. The molecule has 0 saturated heterocycles. The molecule has 1 aliphatic carbocycles. The number of carbonyl (C=O) groups is 1. The molecular formula is C13H25NO3. The first-order valence-electron chi connectivity index (χ1n) is 6.53. The second kappa shape index (κ2) is 6.24. The Bertz CT molecular complexity index is 245. The summed E-state index contributed by atoms with van der Waals surface area (Å²) in [5.74, 6) is 1.01. The van der Waals surface area contributed by atoms with Crippen LogP contribution in [-0.4, -0.2) is 30.0 Å². The molecule has 4 heteroatoms. The van der Waals surface area contributed by atoms with E-state index in [2.05, 4.69) is 12.2 Å². The van der Waals surface area contributed by atoms with Gasteiger partial charge in [-0.3, -0.25) is 0 Å². The summed E-state index contributed by atoms with van der Waals surface area (Å²) in [7, 11) is 0. The zero-order valence-corrected chi connectivity index (χ0v) is 11.2. The van der Waals surface area contributed by atoms with E-state index in [4.69, 9.17) is 4.74 Å². The molecule has 1 aliphatic rings. The third-order valence-electron chi connectivity index (χ3n) is 3.45. The molecule has 0 aromatic rings. The average molecular weight is 243 g/mol. The molecule has 1 saturated carbocycles. The van der Waals surface area contributed by atoms with Gasteiger partial charge in [-0.1, -0.05) is 20.8 Å². The van der Waals surface area contributed by atoms with Gasteiger partial charge in [-0.2, -0.15) is 0 Å². The molecule has 0 radical (unpaired) electrons. The van der Waals surface area contributed by atoms with Crippen LogP contribution in [0.5, 0.6) is 0 Å². The maximum absolute atomic E-state index is 11.6. The maximum Gasteiger partial charge on any atom is 0.407 e.